The van der Waals surface area contributed by atoms with Crippen molar-refractivity contribution in [2.75, 3.05) is 7.11 Å². The Labute approximate surface area is 138 Å². The lowest BCUT2D eigenvalue weighted by molar-refractivity contribution is 0.174. The monoisotopic (exact) mass is 369 g/mol. The van der Waals surface area contributed by atoms with Crippen molar-refractivity contribution < 1.29 is 9.84 Å². The van der Waals surface area contributed by atoms with Crippen molar-refractivity contribution in [1.29, 1.82) is 0 Å². The molecule has 0 aliphatic rings. The molecule has 1 aromatic carbocycles. The van der Waals surface area contributed by atoms with E-state index < -0.39 is 6.10 Å². The van der Waals surface area contributed by atoms with Crippen molar-refractivity contribution in [2.45, 2.75) is 38.7 Å². The van der Waals surface area contributed by atoms with Gasteiger partial charge in [0.2, 0.25) is 0 Å². The van der Waals surface area contributed by atoms with Gasteiger partial charge in [-0.2, -0.15) is 0 Å². The van der Waals surface area contributed by atoms with E-state index in [2.05, 4.69) is 47.1 Å². The first-order valence-electron chi connectivity index (χ1n) is 6.77. The van der Waals surface area contributed by atoms with Crippen LogP contribution < -0.4 is 4.74 Å². The van der Waals surface area contributed by atoms with Crippen LogP contribution in [0.2, 0.25) is 0 Å². The minimum Gasteiger partial charge on any atom is -0.496 e. The van der Waals surface area contributed by atoms with E-state index in [1.807, 2.05) is 18.2 Å². The number of hydrogen-bond donors (Lipinski definition) is 1. The molecule has 0 amide bonds. The molecule has 0 aliphatic carbocycles. The predicted molar refractivity (Wildman–Crippen MR) is 90.2 cm³/mol. The fourth-order valence-corrected chi connectivity index (χ4v) is 3.38. The maximum absolute atomic E-state index is 10.5. The van der Waals surface area contributed by atoms with Gasteiger partial charge < -0.3 is 9.84 Å². The smallest absolute Gasteiger partial charge is 0.125 e. The Hall–Kier alpha value is -0.910. The lowest BCUT2D eigenvalue weighted by atomic mass is 9.93. The number of rotatable bonds is 4. The lowest BCUT2D eigenvalue weighted by Crippen LogP contribution is -2.12. The summed E-state index contributed by atoms with van der Waals surface area (Å²) in [6.07, 6.45) is -0.120. The van der Waals surface area contributed by atoms with Gasteiger partial charge in [-0.3, -0.25) is 0 Å². The first kappa shape index (κ1) is 16.5. The molecule has 0 fully saturated rings. The zero-order valence-electron chi connectivity index (χ0n) is 12.7. The Bertz CT molecular complexity index is 619. The van der Waals surface area contributed by atoms with Gasteiger partial charge in [-0.25, -0.2) is 4.98 Å². The van der Waals surface area contributed by atoms with Gasteiger partial charge in [0.1, 0.15) is 5.75 Å². The van der Waals surface area contributed by atoms with Gasteiger partial charge in [-0.15, -0.1) is 11.3 Å². The number of halogens is 1. The van der Waals surface area contributed by atoms with Gasteiger partial charge in [0.15, 0.2) is 0 Å². The highest BCUT2D eigenvalue weighted by atomic mass is 79.9. The Morgan fingerprint density at radius 3 is 2.67 bits per heavy atom. The summed E-state index contributed by atoms with van der Waals surface area (Å²) in [5, 5.41) is 13.5. The predicted octanol–water partition coefficient (Wildman–Crippen LogP) is 4.49. The summed E-state index contributed by atoms with van der Waals surface area (Å²) >= 11 is 5.00. The summed E-state index contributed by atoms with van der Waals surface area (Å²) < 4.78 is 6.27. The number of hydrogen-bond acceptors (Lipinski definition) is 4. The van der Waals surface area contributed by atoms with Gasteiger partial charge in [0.05, 0.1) is 23.9 Å². The number of ether oxygens (including phenoxy) is 1. The SMILES string of the molecule is COc1cc(Br)ccc1C(O)Cc1nc(C(C)(C)C)cs1. The van der Waals surface area contributed by atoms with Crippen molar-refractivity contribution in [3.63, 3.8) is 0 Å². The molecule has 0 saturated carbocycles. The topological polar surface area (TPSA) is 42.4 Å². The largest absolute Gasteiger partial charge is 0.496 e. The van der Waals surface area contributed by atoms with Crippen LogP contribution in [-0.2, 0) is 11.8 Å². The summed E-state index contributed by atoms with van der Waals surface area (Å²) in [6, 6.07) is 5.65. The molecule has 5 heteroatoms. The standard InChI is InChI=1S/C16H20BrNO2S/c1-16(2,3)14-9-21-15(18-14)8-12(19)11-6-5-10(17)7-13(11)20-4/h5-7,9,12,19H,8H2,1-4H3. The highest BCUT2D eigenvalue weighted by Crippen LogP contribution is 2.32. The number of aliphatic hydroxyl groups excluding tert-OH is 1. The van der Waals surface area contributed by atoms with Crippen LogP contribution in [0.1, 0.15) is 43.1 Å². The summed E-state index contributed by atoms with van der Waals surface area (Å²) in [5.41, 5.74) is 1.89. The zero-order valence-corrected chi connectivity index (χ0v) is 15.1. The van der Waals surface area contributed by atoms with E-state index in [4.69, 9.17) is 4.74 Å². The Morgan fingerprint density at radius 1 is 1.38 bits per heavy atom. The van der Waals surface area contributed by atoms with Crippen LogP contribution in [0.15, 0.2) is 28.1 Å². The molecule has 114 valence electrons. The highest BCUT2D eigenvalue weighted by Gasteiger charge is 2.20. The van der Waals surface area contributed by atoms with E-state index in [0.29, 0.717) is 12.2 Å². The van der Waals surface area contributed by atoms with E-state index in [9.17, 15) is 5.11 Å². The third-order valence-corrected chi connectivity index (χ3v) is 4.61. The normalized spacial score (nSPS) is 13.2. The number of aliphatic hydroxyl groups is 1. The third kappa shape index (κ3) is 4.05. The van der Waals surface area contributed by atoms with E-state index in [-0.39, 0.29) is 5.41 Å². The maximum Gasteiger partial charge on any atom is 0.125 e. The number of thiazole rings is 1. The molecule has 0 radical (unpaired) electrons. The molecule has 0 bridgehead atoms. The molecular formula is C16H20BrNO2S. The zero-order chi connectivity index (χ0) is 15.6. The molecule has 0 saturated heterocycles. The average Bonchev–Trinajstić information content (AvgIpc) is 2.86. The van der Waals surface area contributed by atoms with Crippen molar-refractivity contribution in [2.24, 2.45) is 0 Å². The Balaban J connectivity index is 2.18. The first-order valence-corrected chi connectivity index (χ1v) is 8.45. The number of aromatic nitrogens is 1. The second-order valence-corrected chi connectivity index (χ2v) is 7.84. The summed E-state index contributed by atoms with van der Waals surface area (Å²) in [4.78, 5) is 4.63. The van der Waals surface area contributed by atoms with Crippen molar-refractivity contribution in [1.82, 2.24) is 4.98 Å². The van der Waals surface area contributed by atoms with E-state index in [1.54, 1.807) is 18.4 Å². The van der Waals surface area contributed by atoms with Gasteiger partial charge in [0.25, 0.3) is 0 Å². The van der Waals surface area contributed by atoms with Gasteiger partial charge >= 0.3 is 0 Å². The number of nitrogens with zero attached hydrogens (tertiary/aromatic N) is 1. The van der Waals surface area contributed by atoms with E-state index in [0.717, 1.165) is 20.7 Å². The van der Waals surface area contributed by atoms with Crippen LogP contribution in [0.3, 0.4) is 0 Å². The first-order chi connectivity index (χ1) is 9.81. The molecule has 0 aliphatic heterocycles. The number of methoxy groups -OCH3 is 1. The van der Waals surface area contributed by atoms with Gasteiger partial charge in [-0.05, 0) is 12.1 Å². The molecule has 1 heterocycles. The Kier molecular flexibility index (Phi) is 5.07. The van der Waals surface area contributed by atoms with Crippen LogP contribution in [0.4, 0.5) is 0 Å². The second-order valence-electron chi connectivity index (χ2n) is 5.98. The summed E-state index contributed by atoms with van der Waals surface area (Å²) in [5.74, 6) is 0.685. The molecular weight excluding hydrogens is 350 g/mol. The van der Waals surface area contributed by atoms with Gasteiger partial charge in [0, 0.05) is 27.3 Å². The molecule has 1 aromatic heterocycles. The maximum atomic E-state index is 10.5. The molecule has 2 aromatic rings. The second kappa shape index (κ2) is 6.46. The molecule has 0 spiro atoms. The van der Waals surface area contributed by atoms with E-state index >= 15 is 0 Å². The fraction of sp³-hybridized carbons (Fsp3) is 0.438. The Morgan fingerprint density at radius 2 is 2.10 bits per heavy atom. The molecule has 2 rings (SSSR count). The third-order valence-electron chi connectivity index (χ3n) is 3.24. The lowest BCUT2D eigenvalue weighted by Gasteiger charge is -2.15. The van der Waals surface area contributed by atoms with E-state index in [1.165, 1.54) is 0 Å². The van der Waals surface area contributed by atoms with Crippen molar-refractivity contribution in [3.8, 4) is 5.75 Å². The van der Waals surface area contributed by atoms with Gasteiger partial charge in [-0.1, -0.05) is 42.8 Å². The molecule has 1 atom stereocenters. The van der Waals surface area contributed by atoms with Crippen molar-refractivity contribution >= 4 is 27.3 Å². The fourth-order valence-electron chi connectivity index (χ4n) is 1.98. The minimum absolute atomic E-state index is 0.0367. The van der Waals surface area contributed by atoms with Crippen LogP contribution >= 0.6 is 27.3 Å². The summed E-state index contributed by atoms with van der Waals surface area (Å²) in [6.45, 7) is 6.42. The van der Waals surface area contributed by atoms with Crippen LogP contribution in [0, 0.1) is 0 Å². The highest BCUT2D eigenvalue weighted by molar-refractivity contribution is 9.10. The van der Waals surface area contributed by atoms with Crippen molar-refractivity contribution in [3.05, 3.63) is 44.3 Å². The molecule has 3 nitrogen and oxygen atoms in total. The number of benzene rings is 1. The quantitative estimate of drug-likeness (QED) is 0.863. The van der Waals surface area contributed by atoms with Crippen LogP contribution in [0.25, 0.3) is 0 Å². The summed E-state index contributed by atoms with van der Waals surface area (Å²) in [7, 11) is 1.61. The van der Waals surface area contributed by atoms with Crippen LogP contribution in [0.5, 0.6) is 5.75 Å². The molecule has 1 unspecified atom stereocenters. The minimum atomic E-state index is -0.619. The molecule has 21 heavy (non-hydrogen) atoms. The average molecular weight is 370 g/mol. The molecule has 1 N–H and O–H groups in total. The van der Waals surface area contributed by atoms with Crippen LogP contribution in [-0.4, -0.2) is 17.2 Å².